The third kappa shape index (κ3) is 1.91. The van der Waals surface area contributed by atoms with Crippen molar-refractivity contribution in [3.63, 3.8) is 0 Å². The minimum atomic E-state index is -0.326. The molecule has 0 bridgehead atoms. The number of halogens is 1. The van der Waals surface area contributed by atoms with E-state index in [0.717, 1.165) is 6.29 Å². The largest absolute Gasteiger partial charge is 0.298 e. The van der Waals surface area contributed by atoms with Crippen LogP contribution in [0.1, 0.15) is 10.4 Å². The van der Waals surface area contributed by atoms with E-state index in [0.29, 0.717) is 16.7 Å². The molecule has 1 aromatic carbocycles. The maximum Gasteiger partial charge on any atom is 0.150 e. The van der Waals surface area contributed by atoms with Crippen molar-refractivity contribution >= 4 is 6.29 Å². The number of aromatic nitrogens is 1. The summed E-state index contributed by atoms with van der Waals surface area (Å²) in [4.78, 5) is 14.7. The molecular weight excluding hydrogens is 193 g/mol. The van der Waals surface area contributed by atoms with Crippen LogP contribution in [0.3, 0.4) is 0 Å². The van der Waals surface area contributed by atoms with E-state index in [9.17, 15) is 9.18 Å². The molecule has 0 radical (unpaired) electrons. The molecule has 3 heteroatoms. The number of benzene rings is 1. The first kappa shape index (κ1) is 9.52. The first-order chi connectivity index (χ1) is 7.31. The molecule has 0 saturated carbocycles. The van der Waals surface area contributed by atoms with E-state index in [4.69, 9.17) is 0 Å². The highest BCUT2D eigenvalue weighted by atomic mass is 19.1. The summed E-state index contributed by atoms with van der Waals surface area (Å²) in [5.74, 6) is -0.326. The van der Waals surface area contributed by atoms with E-state index < -0.39 is 0 Å². The fourth-order valence-electron chi connectivity index (χ4n) is 1.41. The Hall–Kier alpha value is -2.03. The van der Waals surface area contributed by atoms with Crippen LogP contribution in [-0.4, -0.2) is 11.3 Å². The number of hydrogen-bond acceptors (Lipinski definition) is 2. The van der Waals surface area contributed by atoms with Crippen LogP contribution in [0.4, 0.5) is 4.39 Å². The van der Waals surface area contributed by atoms with Crippen molar-refractivity contribution in [2.45, 2.75) is 0 Å². The lowest BCUT2D eigenvalue weighted by Crippen LogP contribution is -1.89. The smallest absolute Gasteiger partial charge is 0.150 e. The first-order valence-electron chi connectivity index (χ1n) is 4.46. The third-order valence-electron chi connectivity index (χ3n) is 2.12. The summed E-state index contributed by atoms with van der Waals surface area (Å²) in [5, 5.41) is 0. The van der Waals surface area contributed by atoms with Gasteiger partial charge >= 0.3 is 0 Å². The van der Waals surface area contributed by atoms with Crippen LogP contribution < -0.4 is 0 Å². The number of aldehydes is 1. The molecule has 0 saturated heterocycles. The van der Waals surface area contributed by atoms with Crippen molar-refractivity contribution in [2.75, 3.05) is 0 Å². The van der Waals surface area contributed by atoms with Crippen molar-refractivity contribution in [3.05, 3.63) is 54.1 Å². The first-order valence-corrected chi connectivity index (χ1v) is 4.46. The minimum absolute atomic E-state index is 0.326. The van der Waals surface area contributed by atoms with Crippen molar-refractivity contribution in [1.29, 1.82) is 0 Å². The van der Waals surface area contributed by atoms with Crippen molar-refractivity contribution in [2.24, 2.45) is 0 Å². The van der Waals surface area contributed by atoms with Gasteiger partial charge in [0.25, 0.3) is 0 Å². The van der Waals surface area contributed by atoms with E-state index in [1.165, 1.54) is 18.3 Å². The van der Waals surface area contributed by atoms with Crippen molar-refractivity contribution in [3.8, 4) is 11.1 Å². The Morgan fingerprint density at radius 2 is 2.13 bits per heavy atom. The average Bonchev–Trinajstić information content (AvgIpc) is 2.29. The number of carbonyl (C=O) groups is 1. The van der Waals surface area contributed by atoms with Gasteiger partial charge < -0.3 is 0 Å². The summed E-state index contributed by atoms with van der Waals surface area (Å²) in [6.45, 7) is 0. The van der Waals surface area contributed by atoms with E-state index in [2.05, 4.69) is 4.98 Å². The molecule has 2 aromatic rings. The quantitative estimate of drug-likeness (QED) is 0.699. The van der Waals surface area contributed by atoms with Gasteiger partial charge in [-0.25, -0.2) is 4.39 Å². The monoisotopic (exact) mass is 201 g/mol. The Kier molecular flexibility index (Phi) is 2.54. The molecule has 0 aliphatic heterocycles. The average molecular weight is 201 g/mol. The van der Waals surface area contributed by atoms with Crippen LogP contribution in [0, 0.1) is 5.82 Å². The van der Waals surface area contributed by atoms with E-state index >= 15 is 0 Å². The lowest BCUT2D eigenvalue weighted by atomic mass is 10.0. The molecule has 1 aromatic heterocycles. The molecule has 2 rings (SSSR count). The van der Waals surface area contributed by atoms with Gasteiger partial charge in [0.05, 0.1) is 0 Å². The third-order valence-corrected chi connectivity index (χ3v) is 2.12. The Morgan fingerprint density at radius 1 is 1.27 bits per heavy atom. The molecule has 0 aliphatic rings. The molecular formula is C12H8FNO. The maximum absolute atomic E-state index is 13.0. The molecule has 2 nitrogen and oxygen atoms in total. The standard InChI is InChI=1S/C12H8FNO/c13-11-3-1-2-9(6-11)12-7-14-5-4-10(12)8-15/h1-8H. The van der Waals surface area contributed by atoms with Gasteiger partial charge in [0, 0.05) is 23.5 Å². The minimum Gasteiger partial charge on any atom is -0.298 e. The molecule has 0 fully saturated rings. The molecule has 0 amide bonds. The van der Waals surface area contributed by atoms with Crippen molar-refractivity contribution in [1.82, 2.24) is 4.98 Å². The Bertz CT molecular complexity index is 496. The van der Waals surface area contributed by atoms with Gasteiger partial charge in [-0.1, -0.05) is 12.1 Å². The summed E-state index contributed by atoms with van der Waals surface area (Å²) in [5.41, 5.74) is 1.81. The fraction of sp³-hybridized carbons (Fsp3) is 0. The van der Waals surface area contributed by atoms with Crippen molar-refractivity contribution < 1.29 is 9.18 Å². The highest BCUT2D eigenvalue weighted by Crippen LogP contribution is 2.21. The second-order valence-corrected chi connectivity index (χ2v) is 3.09. The number of pyridine rings is 1. The van der Waals surface area contributed by atoms with Gasteiger partial charge in [-0.15, -0.1) is 0 Å². The maximum atomic E-state index is 13.0. The highest BCUT2D eigenvalue weighted by Gasteiger charge is 2.04. The van der Waals surface area contributed by atoms with Gasteiger partial charge in [-0.3, -0.25) is 9.78 Å². The second kappa shape index (κ2) is 4.00. The van der Waals surface area contributed by atoms with Crippen LogP contribution >= 0.6 is 0 Å². The number of carbonyl (C=O) groups excluding carboxylic acids is 1. The Balaban J connectivity index is 2.58. The Morgan fingerprint density at radius 3 is 2.87 bits per heavy atom. The van der Waals surface area contributed by atoms with Crippen LogP contribution in [-0.2, 0) is 0 Å². The summed E-state index contributed by atoms with van der Waals surface area (Å²) in [6.07, 6.45) is 3.83. The molecule has 0 aliphatic carbocycles. The van der Waals surface area contributed by atoms with Crippen LogP contribution in [0.2, 0.25) is 0 Å². The molecule has 15 heavy (non-hydrogen) atoms. The fourth-order valence-corrected chi connectivity index (χ4v) is 1.41. The van der Waals surface area contributed by atoms with Gasteiger partial charge in [0.15, 0.2) is 6.29 Å². The van der Waals surface area contributed by atoms with Gasteiger partial charge in [-0.05, 0) is 23.8 Å². The molecule has 0 unspecified atom stereocenters. The predicted octanol–water partition coefficient (Wildman–Crippen LogP) is 2.70. The molecule has 1 heterocycles. The molecule has 0 N–H and O–H groups in total. The molecule has 0 atom stereocenters. The SMILES string of the molecule is O=Cc1ccncc1-c1cccc(F)c1. The van der Waals surface area contributed by atoms with E-state index in [-0.39, 0.29) is 5.82 Å². The van der Waals surface area contributed by atoms with Gasteiger partial charge in [0.2, 0.25) is 0 Å². The summed E-state index contributed by atoms with van der Waals surface area (Å²) >= 11 is 0. The van der Waals surface area contributed by atoms with Crippen LogP contribution in [0.25, 0.3) is 11.1 Å². The van der Waals surface area contributed by atoms with Crippen LogP contribution in [0.15, 0.2) is 42.7 Å². The Labute approximate surface area is 86.4 Å². The lowest BCUT2D eigenvalue weighted by molar-refractivity contribution is 0.112. The normalized spacial score (nSPS) is 9.93. The summed E-state index contributed by atoms with van der Waals surface area (Å²) in [7, 11) is 0. The molecule has 74 valence electrons. The van der Waals surface area contributed by atoms with Gasteiger partial charge in [0.1, 0.15) is 5.82 Å². The highest BCUT2D eigenvalue weighted by molar-refractivity contribution is 5.86. The number of hydrogen-bond donors (Lipinski definition) is 0. The van der Waals surface area contributed by atoms with E-state index in [1.807, 2.05) is 0 Å². The summed E-state index contributed by atoms with van der Waals surface area (Å²) in [6, 6.07) is 7.69. The number of rotatable bonds is 2. The lowest BCUT2D eigenvalue weighted by Gasteiger charge is -2.03. The van der Waals surface area contributed by atoms with E-state index in [1.54, 1.807) is 24.4 Å². The zero-order valence-corrected chi connectivity index (χ0v) is 7.85. The predicted molar refractivity (Wildman–Crippen MR) is 55.0 cm³/mol. The van der Waals surface area contributed by atoms with Gasteiger partial charge in [-0.2, -0.15) is 0 Å². The zero-order valence-electron chi connectivity index (χ0n) is 7.85. The summed E-state index contributed by atoms with van der Waals surface area (Å²) < 4.78 is 13.0. The number of nitrogens with zero attached hydrogens (tertiary/aromatic N) is 1. The molecule has 0 spiro atoms. The zero-order chi connectivity index (χ0) is 10.7. The van der Waals surface area contributed by atoms with Crippen LogP contribution in [0.5, 0.6) is 0 Å². The second-order valence-electron chi connectivity index (χ2n) is 3.09. The topological polar surface area (TPSA) is 30.0 Å².